The number of carboxylic acids is 1. The molecule has 7 heteroatoms. The van der Waals surface area contributed by atoms with Crippen LogP contribution in [0.25, 0.3) is 0 Å². The highest BCUT2D eigenvalue weighted by Gasteiger charge is 2.32. The Morgan fingerprint density at radius 1 is 1.30 bits per heavy atom. The van der Waals surface area contributed by atoms with Crippen LogP contribution >= 0.6 is 0 Å². The van der Waals surface area contributed by atoms with Crippen molar-refractivity contribution in [3.63, 3.8) is 0 Å². The molecule has 20 heavy (non-hydrogen) atoms. The Morgan fingerprint density at radius 3 is 2.55 bits per heavy atom. The van der Waals surface area contributed by atoms with Crippen LogP contribution in [0.5, 0.6) is 0 Å². The number of carbonyl (C=O) groups is 3. The van der Waals surface area contributed by atoms with E-state index in [1.807, 2.05) is 29.6 Å². The number of benzene rings is 1. The molecule has 2 rings (SSSR count). The number of fused-ring (bicyclic) bond motifs is 1. The van der Waals surface area contributed by atoms with Gasteiger partial charge in [0.15, 0.2) is 0 Å². The zero-order valence-corrected chi connectivity index (χ0v) is 10.7. The minimum absolute atomic E-state index is 0.186. The van der Waals surface area contributed by atoms with Gasteiger partial charge >= 0.3 is 12.0 Å². The third kappa shape index (κ3) is 3.12. The van der Waals surface area contributed by atoms with Crippen LogP contribution in [0.4, 0.5) is 4.79 Å². The minimum atomic E-state index is -0.994. The van der Waals surface area contributed by atoms with Gasteiger partial charge in [0.25, 0.3) is 0 Å². The quantitative estimate of drug-likeness (QED) is 0.701. The van der Waals surface area contributed by atoms with E-state index in [1.54, 1.807) is 0 Å². The third-order valence-electron chi connectivity index (χ3n) is 3.24. The molecule has 0 saturated heterocycles. The minimum Gasteiger partial charge on any atom is -0.480 e. The summed E-state index contributed by atoms with van der Waals surface area (Å²) in [5, 5.41) is 11.2. The van der Waals surface area contributed by atoms with Crippen molar-refractivity contribution in [2.24, 2.45) is 5.73 Å². The molecule has 1 atom stereocenters. The van der Waals surface area contributed by atoms with Crippen molar-refractivity contribution in [2.45, 2.75) is 19.0 Å². The summed E-state index contributed by atoms with van der Waals surface area (Å²) in [6.45, 7) is 0.160. The van der Waals surface area contributed by atoms with E-state index in [4.69, 9.17) is 5.73 Å². The topological polar surface area (TPSA) is 113 Å². The number of aliphatic carboxylic acids is 1. The average molecular weight is 277 g/mol. The van der Waals surface area contributed by atoms with E-state index in [1.165, 1.54) is 4.90 Å². The van der Waals surface area contributed by atoms with E-state index in [-0.39, 0.29) is 6.54 Å². The molecule has 0 radical (unpaired) electrons. The number of rotatable bonds is 3. The van der Waals surface area contributed by atoms with Crippen molar-refractivity contribution >= 4 is 17.9 Å². The Kier molecular flexibility index (Phi) is 3.99. The maximum Gasteiger partial charge on any atom is 0.321 e. The molecule has 0 bridgehead atoms. The first-order valence-electron chi connectivity index (χ1n) is 6.10. The van der Waals surface area contributed by atoms with Gasteiger partial charge < -0.3 is 10.8 Å². The molecule has 0 spiro atoms. The first-order valence-corrected chi connectivity index (χ1v) is 6.10. The average Bonchev–Trinajstić information content (AvgIpc) is 2.36. The van der Waals surface area contributed by atoms with Crippen molar-refractivity contribution < 1.29 is 19.5 Å². The molecule has 0 aliphatic carbocycles. The molecule has 1 aromatic carbocycles. The summed E-state index contributed by atoms with van der Waals surface area (Å²) in [6.07, 6.45) is 0.329. The molecule has 1 aliphatic heterocycles. The van der Waals surface area contributed by atoms with E-state index < -0.39 is 23.9 Å². The number of nitrogens with two attached hydrogens (primary N) is 1. The van der Waals surface area contributed by atoms with E-state index in [2.05, 4.69) is 0 Å². The Labute approximate surface area is 115 Å². The Morgan fingerprint density at radius 2 is 1.95 bits per heavy atom. The highest BCUT2D eigenvalue weighted by Crippen LogP contribution is 2.23. The molecule has 0 saturated carbocycles. The van der Waals surface area contributed by atoms with Crippen molar-refractivity contribution in [1.82, 2.24) is 10.2 Å². The summed E-state index contributed by atoms with van der Waals surface area (Å²) in [5.41, 5.74) is 6.81. The molecule has 0 aromatic heterocycles. The van der Waals surface area contributed by atoms with Crippen LogP contribution < -0.4 is 11.1 Å². The summed E-state index contributed by atoms with van der Waals surface area (Å²) in [6, 6.07) is 5.76. The van der Waals surface area contributed by atoms with Crippen LogP contribution in [0.15, 0.2) is 24.3 Å². The zero-order valence-electron chi connectivity index (χ0n) is 10.7. The summed E-state index contributed by atoms with van der Waals surface area (Å²) < 4.78 is 0. The van der Waals surface area contributed by atoms with Gasteiger partial charge in [-0.1, -0.05) is 24.3 Å². The SMILES string of the molecule is NC(=O)NC(=O)CN1Cc2ccccc2CC1C(=O)O. The van der Waals surface area contributed by atoms with Gasteiger partial charge in [0, 0.05) is 6.54 Å². The number of amides is 3. The van der Waals surface area contributed by atoms with Crippen LogP contribution in [0.2, 0.25) is 0 Å². The second kappa shape index (κ2) is 5.70. The van der Waals surface area contributed by atoms with Gasteiger partial charge in [0.1, 0.15) is 6.04 Å². The molecule has 4 N–H and O–H groups in total. The van der Waals surface area contributed by atoms with Crippen LogP contribution in [-0.4, -0.2) is 40.5 Å². The lowest BCUT2D eigenvalue weighted by molar-refractivity contribution is -0.144. The number of nitrogens with one attached hydrogen (secondary N) is 1. The fourth-order valence-corrected chi connectivity index (χ4v) is 2.35. The second-order valence-electron chi connectivity index (χ2n) is 4.64. The van der Waals surface area contributed by atoms with E-state index in [0.717, 1.165) is 11.1 Å². The number of hydrogen-bond acceptors (Lipinski definition) is 4. The van der Waals surface area contributed by atoms with Gasteiger partial charge in [-0.15, -0.1) is 0 Å². The standard InChI is InChI=1S/C13H15N3O4/c14-13(20)15-11(17)7-16-6-9-4-2-1-3-8(9)5-10(16)12(18)19/h1-4,10H,5-7H2,(H,18,19)(H3,14,15,17,20). The van der Waals surface area contributed by atoms with Gasteiger partial charge in [-0.3, -0.25) is 19.8 Å². The number of nitrogens with zero attached hydrogens (tertiary/aromatic N) is 1. The first-order chi connectivity index (χ1) is 9.47. The van der Waals surface area contributed by atoms with Crippen LogP contribution in [0.1, 0.15) is 11.1 Å². The maximum absolute atomic E-state index is 11.6. The largest absolute Gasteiger partial charge is 0.480 e. The van der Waals surface area contributed by atoms with Gasteiger partial charge in [0.05, 0.1) is 6.54 Å². The van der Waals surface area contributed by atoms with Crippen LogP contribution in [0.3, 0.4) is 0 Å². The van der Waals surface area contributed by atoms with E-state index >= 15 is 0 Å². The number of carbonyl (C=O) groups excluding carboxylic acids is 2. The van der Waals surface area contributed by atoms with Crippen molar-refractivity contribution in [2.75, 3.05) is 6.54 Å². The maximum atomic E-state index is 11.6. The van der Waals surface area contributed by atoms with Gasteiger partial charge in [-0.05, 0) is 17.5 Å². The third-order valence-corrected chi connectivity index (χ3v) is 3.24. The fourth-order valence-electron chi connectivity index (χ4n) is 2.35. The summed E-state index contributed by atoms with van der Waals surface area (Å²) in [5.74, 6) is -1.60. The fraction of sp³-hybridized carbons (Fsp3) is 0.308. The zero-order chi connectivity index (χ0) is 14.7. The smallest absolute Gasteiger partial charge is 0.321 e. The second-order valence-corrected chi connectivity index (χ2v) is 4.64. The van der Waals surface area contributed by atoms with Crippen molar-refractivity contribution in [3.05, 3.63) is 35.4 Å². The van der Waals surface area contributed by atoms with E-state index in [0.29, 0.717) is 13.0 Å². The molecule has 1 heterocycles. The van der Waals surface area contributed by atoms with Crippen molar-refractivity contribution in [3.8, 4) is 0 Å². The number of imide groups is 1. The lowest BCUT2D eigenvalue weighted by atomic mass is 9.94. The normalized spacial score (nSPS) is 18.1. The Hall–Kier alpha value is -2.41. The predicted molar refractivity (Wildman–Crippen MR) is 69.7 cm³/mol. The number of primary amides is 1. The summed E-state index contributed by atoms with van der Waals surface area (Å²) in [7, 11) is 0. The van der Waals surface area contributed by atoms with Gasteiger partial charge in [-0.25, -0.2) is 4.79 Å². The molecular weight excluding hydrogens is 262 g/mol. The lowest BCUT2D eigenvalue weighted by Crippen LogP contribution is -2.50. The van der Waals surface area contributed by atoms with E-state index in [9.17, 15) is 19.5 Å². The number of carboxylic acid groups (broad SMARTS) is 1. The molecule has 1 unspecified atom stereocenters. The monoisotopic (exact) mass is 277 g/mol. The summed E-state index contributed by atoms with van der Waals surface area (Å²) >= 11 is 0. The van der Waals surface area contributed by atoms with Crippen LogP contribution in [0, 0.1) is 0 Å². The first kappa shape index (κ1) is 14.0. The number of urea groups is 1. The Bertz CT molecular complexity index is 558. The Balaban J connectivity index is 2.16. The van der Waals surface area contributed by atoms with Crippen molar-refractivity contribution in [1.29, 1.82) is 0 Å². The molecule has 106 valence electrons. The molecule has 1 aliphatic rings. The molecule has 3 amide bonds. The van der Waals surface area contributed by atoms with Crippen LogP contribution in [-0.2, 0) is 22.6 Å². The highest BCUT2D eigenvalue weighted by atomic mass is 16.4. The summed E-state index contributed by atoms with van der Waals surface area (Å²) in [4.78, 5) is 35.0. The molecule has 0 fully saturated rings. The molecular formula is C13H15N3O4. The van der Waals surface area contributed by atoms with Gasteiger partial charge in [-0.2, -0.15) is 0 Å². The molecule has 1 aromatic rings. The lowest BCUT2D eigenvalue weighted by Gasteiger charge is -2.33. The predicted octanol–water partition coefficient (Wildman–Crippen LogP) is -0.307. The number of hydrogen-bond donors (Lipinski definition) is 3. The van der Waals surface area contributed by atoms with Gasteiger partial charge in [0.2, 0.25) is 5.91 Å². The molecule has 7 nitrogen and oxygen atoms in total. The highest BCUT2D eigenvalue weighted by molar-refractivity contribution is 5.94.